The summed E-state index contributed by atoms with van der Waals surface area (Å²) in [6.45, 7) is 4.86. The molecule has 5 nitrogen and oxygen atoms in total. The van der Waals surface area contributed by atoms with E-state index in [1.165, 1.54) is 0 Å². The second-order valence-electron chi connectivity index (χ2n) is 6.54. The van der Waals surface area contributed by atoms with Gasteiger partial charge in [-0.1, -0.05) is 25.1 Å². The summed E-state index contributed by atoms with van der Waals surface area (Å²) in [5, 5.41) is 6.39. The predicted octanol–water partition coefficient (Wildman–Crippen LogP) is 4.27. The molecule has 26 heavy (non-hydrogen) atoms. The summed E-state index contributed by atoms with van der Waals surface area (Å²) in [7, 11) is 1.71. The van der Waals surface area contributed by atoms with Crippen LogP contribution in [-0.2, 0) is 9.53 Å². The number of hydrogen-bond donors (Lipinski definition) is 2. The molecule has 2 aromatic rings. The van der Waals surface area contributed by atoms with Gasteiger partial charge in [0.2, 0.25) is 5.91 Å². The van der Waals surface area contributed by atoms with Crippen molar-refractivity contribution in [3.8, 4) is 0 Å². The molecule has 2 unspecified atom stereocenters. The minimum Gasteiger partial charge on any atom is -0.383 e. The van der Waals surface area contributed by atoms with E-state index >= 15 is 0 Å². The van der Waals surface area contributed by atoms with Gasteiger partial charge in [0.15, 0.2) is 0 Å². The molecular weight excluding hydrogens is 326 g/mol. The van der Waals surface area contributed by atoms with Crippen LogP contribution in [0.3, 0.4) is 0 Å². The Balaban J connectivity index is 1.74. The van der Waals surface area contributed by atoms with E-state index in [2.05, 4.69) is 29.5 Å². The van der Waals surface area contributed by atoms with Gasteiger partial charge in [-0.2, -0.15) is 0 Å². The van der Waals surface area contributed by atoms with E-state index < -0.39 is 0 Å². The fraction of sp³-hybridized carbons (Fsp3) is 0.333. The van der Waals surface area contributed by atoms with Crippen LogP contribution in [0.4, 0.5) is 17.1 Å². The van der Waals surface area contributed by atoms with E-state index in [0.717, 1.165) is 34.6 Å². The van der Waals surface area contributed by atoms with Gasteiger partial charge in [0.25, 0.3) is 0 Å². The number of hydrogen-bond acceptors (Lipinski definition) is 4. The Morgan fingerprint density at radius 1 is 1.31 bits per heavy atom. The van der Waals surface area contributed by atoms with Gasteiger partial charge in [-0.15, -0.1) is 0 Å². The average Bonchev–Trinajstić information content (AvgIpc) is 2.96. The Kier molecular flexibility index (Phi) is 5.68. The van der Waals surface area contributed by atoms with Crippen LogP contribution in [-0.4, -0.2) is 31.9 Å². The van der Waals surface area contributed by atoms with Crippen LogP contribution in [0.2, 0.25) is 0 Å². The van der Waals surface area contributed by atoms with Crippen molar-refractivity contribution < 1.29 is 9.53 Å². The maximum absolute atomic E-state index is 12.2. The second kappa shape index (κ2) is 8.15. The first-order valence-electron chi connectivity index (χ1n) is 8.92. The number of methoxy groups -OCH3 is 1. The number of fused-ring (bicyclic) bond motifs is 1. The van der Waals surface area contributed by atoms with Crippen LogP contribution in [0.15, 0.2) is 47.5 Å². The molecule has 1 aliphatic rings. The molecule has 0 radical (unpaired) electrons. The van der Waals surface area contributed by atoms with Gasteiger partial charge >= 0.3 is 0 Å². The zero-order valence-corrected chi connectivity index (χ0v) is 15.5. The minimum absolute atomic E-state index is 0.0321. The zero-order chi connectivity index (χ0) is 18.5. The summed E-state index contributed by atoms with van der Waals surface area (Å²) in [5.74, 6) is -0.370. The number of nitrogens with one attached hydrogen (secondary N) is 2. The lowest BCUT2D eigenvalue weighted by molar-refractivity contribution is -0.115. The topological polar surface area (TPSA) is 62.7 Å². The quantitative estimate of drug-likeness (QED) is 0.732. The van der Waals surface area contributed by atoms with Crippen molar-refractivity contribution >= 4 is 29.2 Å². The maximum atomic E-state index is 12.2. The van der Waals surface area contributed by atoms with E-state index in [1.807, 2.05) is 42.5 Å². The van der Waals surface area contributed by atoms with E-state index in [9.17, 15) is 4.79 Å². The SMILES string of the molecule is CCC(COC)Nc1ccc(N=CC2C(=O)Nc3ccccc32)cc1C. The first-order valence-corrected chi connectivity index (χ1v) is 8.92. The number of ether oxygens (including phenoxy) is 1. The Labute approximate surface area is 154 Å². The monoisotopic (exact) mass is 351 g/mol. The number of anilines is 2. The highest BCUT2D eigenvalue weighted by molar-refractivity contribution is 6.12. The second-order valence-corrected chi connectivity index (χ2v) is 6.54. The molecule has 1 aliphatic heterocycles. The molecule has 0 saturated heterocycles. The number of carbonyl (C=O) groups is 1. The predicted molar refractivity (Wildman–Crippen MR) is 107 cm³/mol. The molecule has 3 rings (SSSR count). The number of amides is 1. The fourth-order valence-electron chi connectivity index (χ4n) is 3.12. The molecule has 0 aromatic heterocycles. The van der Waals surface area contributed by atoms with Crippen LogP contribution in [0.5, 0.6) is 0 Å². The molecule has 136 valence electrons. The lowest BCUT2D eigenvalue weighted by Crippen LogP contribution is -2.24. The van der Waals surface area contributed by atoms with E-state index in [1.54, 1.807) is 13.3 Å². The smallest absolute Gasteiger partial charge is 0.237 e. The van der Waals surface area contributed by atoms with Gasteiger partial charge in [-0.05, 0) is 48.7 Å². The molecule has 0 fully saturated rings. The van der Waals surface area contributed by atoms with Crippen molar-refractivity contribution in [2.45, 2.75) is 32.2 Å². The number of aliphatic imine (C=N–C) groups is 1. The zero-order valence-electron chi connectivity index (χ0n) is 15.5. The molecule has 0 spiro atoms. The van der Waals surface area contributed by atoms with E-state index in [0.29, 0.717) is 6.61 Å². The van der Waals surface area contributed by atoms with Crippen LogP contribution < -0.4 is 10.6 Å². The largest absolute Gasteiger partial charge is 0.383 e. The number of para-hydroxylation sites is 1. The van der Waals surface area contributed by atoms with E-state index in [-0.39, 0.29) is 17.9 Å². The number of nitrogens with zero attached hydrogens (tertiary/aromatic N) is 1. The maximum Gasteiger partial charge on any atom is 0.237 e. The van der Waals surface area contributed by atoms with Crippen molar-refractivity contribution in [3.63, 3.8) is 0 Å². The summed E-state index contributed by atoms with van der Waals surface area (Å²) in [6.07, 6.45) is 2.71. The summed E-state index contributed by atoms with van der Waals surface area (Å²) in [6, 6.07) is 14.0. The molecule has 5 heteroatoms. The van der Waals surface area contributed by atoms with Crippen molar-refractivity contribution in [2.24, 2.45) is 4.99 Å². The van der Waals surface area contributed by atoms with Crippen molar-refractivity contribution in [3.05, 3.63) is 53.6 Å². The number of rotatable bonds is 7. The first kappa shape index (κ1) is 18.1. The Morgan fingerprint density at radius 2 is 2.12 bits per heavy atom. The molecular formula is C21H25N3O2. The third-order valence-corrected chi connectivity index (χ3v) is 4.64. The van der Waals surface area contributed by atoms with Crippen LogP contribution >= 0.6 is 0 Å². The van der Waals surface area contributed by atoms with Crippen molar-refractivity contribution in [1.82, 2.24) is 0 Å². The third-order valence-electron chi connectivity index (χ3n) is 4.64. The number of aryl methyl sites for hydroxylation is 1. The molecule has 1 heterocycles. The summed E-state index contributed by atoms with van der Waals surface area (Å²) in [4.78, 5) is 16.7. The summed E-state index contributed by atoms with van der Waals surface area (Å²) < 4.78 is 5.24. The highest BCUT2D eigenvalue weighted by atomic mass is 16.5. The molecule has 2 atom stereocenters. The highest BCUT2D eigenvalue weighted by Gasteiger charge is 2.28. The van der Waals surface area contributed by atoms with Gasteiger partial charge in [0.05, 0.1) is 12.3 Å². The number of benzene rings is 2. The normalized spacial score (nSPS) is 17.2. The lowest BCUT2D eigenvalue weighted by Gasteiger charge is -2.19. The molecule has 0 aliphatic carbocycles. The van der Waals surface area contributed by atoms with Gasteiger partial charge in [0, 0.05) is 30.7 Å². The Hall–Kier alpha value is -2.66. The molecule has 2 N–H and O–H groups in total. The third kappa shape index (κ3) is 3.94. The van der Waals surface area contributed by atoms with Gasteiger partial charge in [-0.3, -0.25) is 9.79 Å². The Bertz CT molecular complexity index is 817. The minimum atomic E-state index is -0.338. The fourth-order valence-corrected chi connectivity index (χ4v) is 3.12. The van der Waals surface area contributed by atoms with Crippen LogP contribution in [0.1, 0.15) is 30.4 Å². The molecule has 1 amide bonds. The molecule has 0 bridgehead atoms. The summed E-state index contributed by atoms with van der Waals surface area (Å²) >= 11 is 0. The highest BCUT2D eigenvalue weighted by Crippen LogP contribution is 2.31. The van der Waals surface area contributed by atoms with Crippen LogP contribution in [0, 0.1) is 6.92 Å². The van der Waals surface area contributed by atoms with E-state index in [4.69, 9.17) is 4.74 Å². The van der Waals surface area contributed by atoms with Gasteiger partial charge in [-0.25, -0.2) is 0 Å². The lowest BCUT2D eigenvalue weighted by atomic mass is 10.0. The van der Waals surface area contributed by atoms with Crippen molar-refractivity contribution in [2.75, 3.05) is 24.4 Å². The Morgan fingerprint density at radius 3 is 2.85 bits per heavy atom. The van der Waals surface area contributed by atoms with Crippen LogP contribution in [0.25, 0.3) is 0 Å². The standard InChI is InChI=1S/C21H25N3O2/c1-4-15(13-26-3)23-19-10-9-16(11-14(19)2)22-12-18-17-7-5-6-8-20(17)24-21(18)25/h5-12,15,18,23H,4,13H2,1-3H3,(H,24,25). The molecule has 0 saturated carbocycles. The van der Waals surface area contributed by atoms with Gasteiger partial charge < -0.3 is 15.4 Å². The van der Waals surface area contributed by atoms with Crippen molar-refractivity contribution in [1.29, 1.82) is 0 Å². The number of carbonyl (C=O) groups excluding carboxylic acids is 1. The molecule has 2 aromatic carbocycles. The first-order chi connectivity index (χ1) is 12.6. The average molecular weight is 351 g/mol. The summed E-state index contributed by atoms with van der Waals surface area (Å²) in [5.41, 5.74) is 4.88. The van der Waals surface area contributed by atoms with Gasteiger partial charge in [0.1, 0.15) is 5.92 Å².